The molecular weight excluding hydrogens is 242 g/mol. The summed E-state index contributed by atoms with van der Waals surface area (Å²) in [4.78, 5) is 10.9. The Morgan fingerprint density at radius 2 is 1.94 bits per heavy atom. The Bertz CT molecular complexity index is 346. The van der Waals surface area contributed by atoms with Gasteiger partial charge in [-0.2, -0.15) is 0 Å². The van der Waals surface area contributed by atoms with E-state index in [2.05, 4.69) is 4.72 Å². The molecule has 0 amide bonds. The minimum atomic E-state index is -3.48. The minimum Gasteiger partial charge on any atom is -0.480 e. The van der Waals surface area contributed by atoms with Gasteiger partial charge in [-0.1, -0.05) is 32.6 Å². The maximum atomic E-state index is 12.0. The molecule has 1 fully saturated rings. The van der Waals surface area contributed by atoms with Crippen molar-refractivity contribution in [3.8, 4) is 0 Å². The number of carbonyl (C=O) groups is 1. The number of carboxylic acid groups (broad SMARTS) is 1. The van der Waals surface area contributed by atoms with E-state index in [0.717, 1.165) is 19.3 Å². The summed E-state index contributed by atoms with van der Waals surface area (Å²) in [5.74, 6) is -1.09. The Labute approximate surface area is 103 Å². The van der Waals surface area contributed by atoms with E-state index >= 15 is 0 Å². The fourth-order valence-electron chi connectivity index (χ4n) is 2.19. The third-order valence-corrected chi connectivity index (χ3v) is 5.14. The van der Waals surface area contributed by atoms with Crippen molar-refractivity contribution in [3.05, 3.63) is 0 Å². The first-order chi connectivity index (χ1) is 7.97. The Kier molecular flexibility index (Phi) is 5.39. The van der Waals surface area contributed by atoms with Crippen molar-refractivity contribution in [2.45, 2.75) is 63.2 Å². The first-order valence-electron chi connectivity index (χ1n) is 6.21. The lowest BCUT2D eigenvalue weighted by atomic mass is 10.0. The third kappa shape index (κ3) is 4.27. The fourth-order valence-corrected chi connectivity index (χ4v) is 3.95. The lowest BCUT2D eigenvalue weighted by Crippen LogP contribution is -2.45. The summed E-state index contributed by atoms with van der Waals surface area (Å²) < 4.78 is 26.3. The smallest absolute Gasteiger partial charge is 0.321 e. The summed E-state index contributed by atoms with van der Waals surface area (Å²) in [7, 11) is -3.48. The summed E-state index contributed by atoms with van der Waals surface area (Å²) in [5.41, 5.74) is 0. The van der Waals surface area contributed by atoms with Crippen LogP contribution >= 0.6 is 0 Å². The van der Waals surface area contributed by atoms with Gasteiger partial charge in [-0.15, -0.1) is 0 Å². The second kappa shape index (κ2) is 6.35. The van der Waals surface area contributed by atoms with Crippen LogP contribution in [0.15, 0.2) is 0 Å². The monoisotopic (exact) mass is 263 g/mol. The standard InChI is InChI=1S/C11H21NO4S/c1-2-6-10(11(13)14)12-17(15,16)9-7-4-3-5-8-9/h9-10,12H,2-8H2,1H3,(H,13,14)/t10-/m1/s1. The van der Waals surface area contributed by atoms with Gasteiger partial charge in [0.25, 0.3) is 0 Å². The topological polar surface area (TPSA) is 83.5 Å². The van der Waals surface area contributed by atoms with Gasteiger partial charge in [0.2, 0.25) is 10.0 Å². The van der Waals surface area contributed by atoms with Crippen LogP contribution in [0.4, 0.5) is 0 Å². The highest BCUT2D eigenvalue weighted by Crippen LogP contribution is 2.23. The van der Waals surface area contributed by atoms with Gasteiger partial charge in [-0.25, -0.2) is 13.1 Å². The maximum Gasteiger partial charge on any atom is 0.321 e. The molecule has 0 saturated heterocycles. The third-order valence-electron chi connectivity index (χ3n) is 3.17. The number of hydrogen-bond acceptors (Lipinski definition) is 3. The molecule has 1 atom stereocenters. The average Bonchev–Trinajstić information content (AvgIpc) is 2.29. The molecular formula is C11H21NO4S. The Balaban J connectivity index is 2.65. The Morgan fingerprint density at radius 1 is 1.35 bits per heavy atom. The SMILES string of the molecule is CCC[C@@H](NS(=O)(=O)C1CCCCC1)C(=O)O. The van der Waals surface area contributed by atoms with Gasteiger partial charge in [0.15, 0.2) is 0 Å². The Morgan fingerprint density at radius 3 is 2.41 bits per heavy atom. The van der Waals surface area contributed by atoms with Crippen LogP contribution in [0.2, 0.25) is 0 Å². The van der Waals surface area contributed by atoms with E-state index < -0.39 is 27.3 Å². The molecule has 0 heterocycles. The molecule has 0 bridgehead atoms. The van der Waals surface area contributed by atoms with Gasteiger partial charge in [0, 0.05) is 0 Å². The highest BCUT2D eigenvalue weighted by molar-refractivity contribution is 7.90. The first kappa shape index (κ1) is 14.4. The second-order valence-electron chi connectivity index (χ2n) is 4.60. The van der Waals surface area contributed by atoms with Crippen LogP contribution < -0.4 is 4.72 Å². The van der Waals surface area contributed by atoms with E-state index in [0.29, 0.717) is 25.7 Å². The number of rotatable bonds is 6. The summed E-state index contributed by atoms with van der Waals surface area (Å²) in [6, 6.07) is -0.980. The minimum absolute atomic E-state index is 0.335. The van der Waals surface area contributed by atoms with Crippen LogP contribution in [-0.2, 0) is 14.8 Å². The molecule has 17 heavy (non-hydrogen) atoms. The van der Waals surface area contributed by atoms with E-state index in [1.165, 1.54) is 0 Å². The quantitative estimate of drug-likeness (QED) is 0.760. The van der Waals surface area contributed by atoms with Crippen LogP contribution in [0, 0.1) is 0 Å². The highest BCUT2D eigenvalue weighted by Gasteiger charge is 2.31. The van der Waals surface area contributed by atoms with Gasteiger partial charge in [-0.05, 0) is 19.3 Å². The average molecular weight is 263 g/mol. The molecule has 0 radical (unpaired) electrons. The predicted octanol–water partition coefficient (Wildman–Crippen LogP) is 1.49. The fraction of sp³-hybridized carbons (Fsp3) is 0.909. The summed E-state index contributed by atoms with van der Waals surface area (Å²) in [6.45, 7) is 1.84. The molecule has 1 rings (SSSR count). The van der Waals surface area contributed by atoms with Crippen molar-refractivity contribution < 1.29 is 18.3 Å². The molecule has 0 unspecified atom stereocenters. The zero-order chi connectivity index (χ0) is 12.9. The molecule has 0 aromatic heterocycles. The van der Waals surface area contributed by atoms with Crippen LogP contribution in [0.3, 0.4) is 0 Å². The molecule has 5 nitrogen and oxygen atoms in total. The maximum absolute atomic E-state index is 12.0. The van der Waals surface area contributed by atoms with E-state index in [1.54, 1.807) is 0 Å². The largest absolute Gasteiger partial charge is 0.480 e. The summed E-state index contributed by atoms with van der Waals surface area (Å²) >= 11 is 0. The van der Waals surface area contributed by atoms with Crippen molar-refractivity contribution in [3.63, 3.8) is 0 Å². The molecule has 1 aliphatic rings. The van der Waals surface area contributed by atoms with Gasteiger partial charge < -0.3 is 5.11 Å². The molecule has 1 aliphatic carbocycles. The lowest BCUT2D eigenvalue weighted by molar-refractivity contribution is -0.139. The molecule has 0 aromatic rings. The van der Waals surface area contributed by atoms with Crippen LogP contribution in [0.5, 0.6) is 0 Å². The number of aliphatic carboxylic acids is 1. The van der Waals surface area contributed by atoms with Crippen LogP contribution in [0.25, 0.3) is 0 Å². The highest BCUT2D eigenvalue weighted by atomic mass is 32.2. The van der Waals surface area contributed by atoms with Crippen molar-refractivity contribution >= 4 is 16.0 Å². The summed E-state index contributed by atoms with van der Waals surface area (Å²) in [5, 5.41) is 8.53. The normalized spacial score (nSPS) is 20.1. The van der Waals surface area contributed by atoms with Crippen LogP contribution in [-0.4, -0.2) is 30.8 Å². The van der Waals surface area contributed by atoms with Crippen molar-refractivity contribution in [2.24, 2.45) is 0 Å². The van der Waals surface area contributed by atoms with Crippen LogP contribution in [0.1, 0.15) is 51.9 Å². The first-order valence-corrected chi connectivity index (χ1v) is 7.76. The predicted molar refractivity (Wildman–Crippen MR) is 65.3 cm³/mol. The molecule has 100 valence electrons. The van der Waals surface area contributed by atoms with Gasteiger partial charge >= 0.3 is 5.97 Å². The van der Waals surface area contributed by atoms with E-state index in [9.17, 15) is 13.2 Å². The molecule has 0 spiro atoms. The van der Waals surface area contributed by atoms with Crippen molar-refractivity contribution in [1.29, 1.82) is 0 Å². The molecule has 1 saturated carbocycles. The second-order valence-corrected chi connectivity index (χ2v) is 6.59. The van der Waals surface area contributed by atoms with E-state index in [-0.39, 0.29) is 0 Å². The number of nitrogens with one attached hydrogen (secondary N) is 1. The molecule has 2 N–H and O–H groups in total. The van der Waals surface area contributed by atoms with Gasteiger partial charge in [0.05, 0.1) is 5.25 Å². The van der Waals surface area contributed by atoms with Crippen molar-refractivity contribution in [2.75, 3.05) is 0 Å². The summed E-state index contributed by atoms with van der Waals surface area (Å²) in [6.07, 6.45) is 5.17. The van der Waals surface area contributed by atoms with Gasteiger partial charge in [-0.3, -0.25) is 4.79 Å². The zero-order valence-electron chi connectivity index (χ0n) is 10.2. The lowest BCUT2D eigenvalue weighted by Gasteiger charge is -2.24. The zero-order valence-corrected chi connectivity index (χ0v) is 11.0. The molecule has 0 aliphatic heterocycles. The van der Waals surface area contributed by atoms with E-state index in [4.69, 9.17) is 5.11 Å². The number of carboxylic acids is 1. The van der Waals surface area contributed by atoms with Gasteiger partial charge in [0.1, 0.15) is 6.04 Å². The van der Waals surface area contributed by atoms with E-state index in [1.807, 2.05) is 6.92 Å². The number of sulfonamides is 1. The molecule has 0 aromatic carbocycles. The number of hydrogen-bond donors (Lipinski definition) is 2. The molecule has 6 heteroatoms. The Hall–Kier alpha value is -0.620. The van der Waals surface area contributed by atoms with Crippen molar-refractivity contribution in [1.82, 2.24) is 4.72 Å².